The number of aliphatic hydroxyl groups is 2. The van der Waals surface area contributed by atoms with Crippen LogP contribution in [0.1, 0.15) is 89.3 Å². The summed E-state index contributed by atoms with van der Waals surface area (Å²) in [5.41, 5.74) is 1.74. The number of piperidine rings is 1. The van der Waals surface area contributed by atoms with Gasteiger partial charge in [-0.15, -0.1) is 0 Å². The second-order valence-corrected chi connectivity index (χ2v) is 8.72. The Balaban J connectivity index is 2.20. The predicted octanol–water partition coefficient (Wildman–Crippen LogP) is 4.05. The van der Waals surface area contributed by atoms with E-state index >= 15 is 0 Å². The monoisotopic (exact) mass is 391 g/mol. The number of unbranched alkanes of at least 4 members (excludes halogenated alkanes) is 3. The van der Waals surface area contributed by atoms with E-state index in [0.29, 0.717) is 24.9 Å². The molecule has 5 heteroatoms. The first-order valence-electron chi connectivity index (χ1n) is 10.7. The van der Waals surface area contributed by atoms with Crippen molar-refractivity contribution >= 4 is 5.91 Å². The Hall–Kier alpha value is -1.59. The second kappa shape index (κ2) is 10.3. The van der Waals surface area contributed by atoms with Gasteiger partial charge < -0.3 is 20.2 Å². The summed E-state index contributed by atoms with van der Waals surface area (Å²) in [6.07, 6.45) is 6.44. The second-order valence-electron chi connectivity index (χ2n) is 8.72. The molecule has 0 bridgehead atoms. The maximum absolute atomic E-state index is 12.4. The third-order valence-electron chi connectivity index (χ3n) is 6.05. The Kier molecular flexibility index (Phi) is 8.32. The number of carbonyl (C=O) groups excluding carboxylic acids is 1. The molecule has 1 aromatic carbocycles. The Morgan fingerprint density at radius 3 is 2.64 bits per heavy atom. The number of hydrogen-bond acceptors (Lipinski definition) is 4. The smallest absolute Gasteiger partial charge is 0.225 e. The van der Waals surface area contributed by atoms with Gasteiger partial charge in [0.15, 0.2) is 0 Å². The summed E-state index contributed by atoms with van der Waals surface area (Å²) in [4.78, 5) is 14.1. The molecule has 0 radical (unpaired) electrons. The van der Waals surface area contributed by atoms with Crippen LogP contribution in [-0.4, -0.2) is 45.4 Å². The Labute approximate surface area is 169 Å². The maximum atomic E-state index is 12.4. The van der Waals surface area contributed by atoms with Crippen LogP contribution in [-0.2, 0) is 10.2 Å². The molecule has 158 valence electrons. The standard InChI is InChI=1S/C23H37NO4/c1-4-5-6-7-12-23(2,3)17-8-9-19(21(27)15-17)20-16-18(26)10-13-24(20)22(28)11-14-25/h8-9,15,18,20,25-27H,4-7,10-14,16H2,1-3H3. The van der Waals surface area contributed by atoms with E-state index in [4.69, 9.17) is 5.11 Å². The average Bonchev–Trinajstić information content (AvgIpc) is 2.65. The lowest BCUT2D eigenvalue weighted by atomic mass is 9.79. The minimum atomic E-state index is -0.489. The molecule has 2 atom stereocenters. The van der Waals surface area contributed by atoms with Gasteiger partial charge in [0, 0.05) is 18.5 Å². The van der Waals surface area contributed by atoms with Crippen molar-refractivity contribution in [3.8, 4) is 5.75 Å². The number of phenolic OH excluding ortho intramolecular Hbond substituents is 1. The van der Waals surface area contributed by atoms with E-state index in [9.17, 15) is 15.0 Å². The van der Waals surface area contributed by atoms with Gasteiger partial charge >= 0.3 is 0 Å². The summed E-state index contributed by atoms with van der Waals surface area (Å²) >= 11 is 0. The molecule has 1 saturated heterocycles. The third-order valence-corrected chi connectivity index (χ3v) is 6.05. The van der Waals surface area contributed by atoms with E-state index < -0.39 is 6.10 Å². The molecule has 28 heavy (non-hydrogen) atoms. The molecule has 5 nitrogen and oxygen atoms in total. The van der Waals surface area contributed by atoms with Gasteiger partial charge in [0.1, 0.15) is 5.75 Å². The van der Waals surface area contributed by atoms with Gasteiger partial charge in [0.05, 0.1) is 18.8 Å². The highest BCUT2D eigenvalue weighted by Gasteiger charge is 2.33. The van der Waals surface area contributed by atoms with Gasteiger partial charge in [-0.3, -0.25) is 4.79 Å². The van der Waals surface area contributed by atoms with Crippen LogP contribution < -0.4 is 0 Å². The lowest BCUT2D eigenvalue weighted by Crippen LogP contribution is -2.42. The first-order chi connectivity index (χ1) is 13.3. The van der Waals surface area contributed by atoms with Crippen LogP contribution >= 0.6 is 0 Å². The average molecular weight is 392 g/mol. The van der Waals surface area contributed by atoms with Crippen molar-refractivity contribution in [2.75, 3.05) is 13.2 Å². The molecule has 1 heterocycles. The van der Waals surface area contributed by atoms with Crippen LogP contribution in [0.4, 0.5) is 0 Å². The van der Waals surface area contributed by atoms with Crippen LogP contribution in [0.2, 0.25) is 0 Å². The lowest BCUT2D eigenvalue weighted by molar-refractivity contribution is -0.137. The zero-order valence-electron chi connectivity index (χ0n) is 17.7. The summed E-state index contributed by atoms with van der Waals surface area (Å²) < 4.78 is 0. The van der Waals surface area contributed by atoms with Crippen molar-refractivity contribution in [2.24, 2.45) is 0 Å². The maximum Gasteiger partial charge on any atom is 0.225 e. The molecule has 0 aliphatic carbocycles. The van der Waals surface area contributed by atoms with Gasteiger partial charge in [-0.1, -0.05) is 58.6 Å². The van der Waals surface area contributed by atoms with Crippen LogP contribution in [0.5, 0.6) is 5.75 Å². The molecule has 2 unspecified atom stereocenters. The number of amides is 1. The number of aromatic hydroxyl groups is 1. The van der Waals surface area contributed by atoms with Gasteiger partial charge in [-0.2, -0.15) is 0 Å². The number of likely N-dealkylation sites (tertiary alicyclic amines) is 1. The van der Waals surface area contributed by atoms with Crippen LogP contribution in [0.25, 0.3) is 0 Å². The normalized spacial score (nSPS) is 20.4. The Morgan fingerprint density at radius 2 is 2.00 bits per heavy atom. The van der Waals surface area contributed by atoms with E-state index in [-0.39, 0.29) is 36.1 Å². The largest absolute Gasteiger partial charge is 0.508 e. The van der Waals surface area contributed by atoms with Crippen molar-refractivity contribution in [2.45, 2.75) is 89.7 Å². The number of carbonyl (C=O) groups is 1. The third kappa shape index (κ3) is 5.71. The molecule has 1 aliphatic heterocycles. The molecule has 3 N–H and O–H groups in total. The molecule has 1 aliphatic rings. The number of benzene rings is 1. The van der Waals surface area contributed by atoms with Crippen molar-refractivity contribution < 1.29 is 20.1 Å². The van der Waals surface area contributed by atoms with Gasteiger partial charge in [0.25, 0.3) is 0 Å². The summed E-state index contributed by atoms with van der Waals surface area (Å²) in [6, 6.07) is 5.42. The molecular weight excluding hydrogens is 354 g/mol. The Bertz CT molecular complexity index is 643. The topological polar surface area (TPSA) is 81.0 Å². The molecule has 2 rings (SSSR count). The van der Waals surface area contributed by atoms with Crippen molar-refractivity contribution in [3.05, 3.63) is 29.3 Å². The van der Waals surface area contributed by atoms with Crippen molar-refractivity contribution in [3.63, 3.8) is 0 Å². The molecular formula is C23H37NO4. The van der Waals surface area contributed by atoms with Crippen molar-refractivity contribution in [1.82, 2.24) is 4.90 Å². The van der Waals surface area contributed by atoms with E-state index in [0.717, 1.165) is 12.0 Å². The molecule has 0 aromatic heterocycles. The molecule has 1 aromatic rings. The SMILES string of the molecule is CCCCCCC(C)(C)c1ccc(C2CC(O)CCN2C(=O)CCO)c(O)c1. The summed E-state index contributed by atoms with van der Waals surface area (Å²) in [6.45, 7) is 6.86. The highest BCUT2D eigenvalue weighted by Crippen LogP contribution is 2.39. The number of aliphatic hydroxyl groups excluding tert-OH is 2. The van der Waals surface area contributed by atoms with Crippen molar-refractivity contribution in [1.29, 1.82) is 0 Å². The lowest BCUT2D eigenvalue weighted by Gasteiger charge is -2.38. The van der Waals surface area contributed by atoms with Crippen LogP contribution in [0.3, 0.4) is 0 Å². The van der Waals surface area contributed by atoms with E-state index in [1.54, 1.807) is 4.90 Å². The number of phenols is 1. The van der Waals surface area contributed by atoms with Gasteiger partial charge in [-0.25, -0.2) is 0 Å². The fraction of sp³-hybridized carbons (Fsp3) is 0.696. The number of rotatable bonds is 9. The van der Waals surface area contributed by atoms with E-state index in [2.05, 4.69) is 20.8 Å². The fourth-order valence-corrected chi connectivity index (χ4v) is 4.16. The Morgan fingerprint density at radius 1 is 1.25 bits per heavy atom. The fourth-order valence-electron chi connectivity index (χ4n) is 4.16. The molecule has 1 amide bonds. The molecule has 0 spiro atoms. The zero-order valence-corrected chi connectivity index (χ0v) is 17.7. The summed E-state index contributed by atoms with van der Waals surface area (Å²) in [7, 11) is 0. The van der Waals surface area contributed by atoms with E-state index in [1.165, 1.54) is 25.7 Å². The molecule has 1 fully saturated rings. The highest BCUT2D eigenvalue weighted by atomic mass is 16.3. The quantitative estimate of drug-likeness (QED) is 0.555. The highest BCUT2D eigenvalue weighted by molar-refractivity contribution is 5.77. The zero-order chi connectivity index (χ0) is 20.7. The minimum Gasteiger partial charge on any atom is -0.508 e. The number of nitrogens with zero attached hydrogens (tertiary/aromatic N) is 1. The van der Waals surface area contributed by atoms with Crippen LogP contribution in [0, 0.1) is 0 Å². The van der Waals surface area contributed by atoms with Crippen LogP contribution in [0.15, 0.2) is 18.2 Å². The van der Waals surface area contributed by atoms with Gasteiger partial charge in [-0.05, 0) is 36.3 Å². The summed E-state index contributed by atoms with van der Waals surface area (Å²) in [5, 5.41) is 30.0. The first kappa shape index (κ1) is 22.7. The first-order valence-corrected chi connectivity index (χ1v) is 10.7. The molecule has 0 saturated carbocycles. The predicted molar refractivity (Wildman–Crippen MR) is 111 cm³/mol. The van der Waals surface area contributed by atoms with Gasteiger partial charge in [0.2, 0.25) is 5.91 Å². The van der Waals surface area contributed by atoms with E-state index in [1.807, 2.05) is 18.2 Å². The number of hydrogen-bond donors (Lipinski definition) is 3. The minimum absolute atomic E-state index is 0.0256. The summed E-state index contributed by atoms with van der Waals surface area (Å²) in [5.74, 6) is 0.0409.